The second kappa shape index (κ2) is 4.88. The first kappa shape index (κ1) is 10.8. The minimum absolute atomic E-state index is 0.208. The summed E-state index contributed by atoms with van der Waals surface area (Å²) in [5, 5.41) is 7.54. The fourth-order valence-corrected chi connectivity index (χ4v) is 3.10. The predicted octanol–water partition coefficient (Wildman–Crippen LogP) is 3.21. The minimum Gasteiger partial charge on any atom is -0.309 e. The van der Waals surface area contributed by atoms with E-state index < -0.39 is 0 Å². The Hall–Kier alpha value is -0.710. The van der Waals surface area contributed by atoms with Crippen LogP contribution in [0.1, 0.15) is 17.2 Å². The van der Waals surface area contributed by atoms with Crippen LogP contribution in [0, 0.1) is 0 Å². The molecule has 0 fully saturated rings. The van der Waals surface area contributed by atoms with Gasteiger partial charge in [-0.25, -0.2) is 0 Å². The predicted molar refractivity (Wildman–Crippen MR) is 67.2 cm³/mol. The molecular formula is C11H11BrN2S. The molecule has 0 radical (unpaired) electrons. The van der Waals surface area contributed by atoms with Crippen LogP contribution < -0.4 is 5.32 Å². The summed E-state index contributed by atoms with van der Waals surface area (Å²) in [6.07, 6.45) is 3.68. The number of hydrogen-bond donors (Lipinski definition) is 1. The number of pyridine rings is 1. The molecule has 2 rings (SSSR count). The van der Waals surface area contributed by atoms with Gasteiger partial charge in [0.15, 0.2) is 0 Å². The molecule has 0 saturated carbocycles. The highest BCUT2D eigenvalue weighted by molar-refractivity contribution is 9.10. The molecule has 0 amide bonds. The second-order valence-corrected chi connectivity index (χ2v) is 4.78. The molecule has 1 N–H and O–H groups in total. The fourth-order valence-electron chi connectivity index (χ4n) is 1.55. The van der Waals surface area contributed by atoms with Gasteiger partial charge in [-0.3, -0.25) is 4.98 Å². The van der Waals surface area contributed by atoms with Gasteiger partial charge >= 0.3 is 0 Å². The normalized spacial score (nSPS) is 12.7. The van der Waals surface area contributed by atoms with Crippen LogP contribution in [0.25, 0.3) is 0 Å². The molecule has 1 unspecified atom stereocenters. The summed E-state index contributed by atoms with van der Waals surface area (Å²) in [5.74, 6) is 0. The number of aromatic nitrogens is 1. The van der Waals surface area contributed by atoms with E-state index in [0.717, 1.165) is 4.47 Å². The lowest BCUT2D eigenvalue weighted by molar-refractivity contribution is 0.688. The Morgan fingerprint density at radius 1 is 1.47 bits per heavy atom. The summed E-state index contributed by atoms with van der Waals surface area (Å²) in [4.78, 5) is 4.14. The van der Waals surface area contributed by atoms with Gasteiger partial charge in [0.2, 0.25) is 0 Å². The number of hydrogen-bond acceptors (Lipinski definition) is 3. The first-order valence-electron chi connectivity index (χ1n) is 4.61. The first-order valence-corrected chi connectivity index (χ1v) is 6.35. The van der Waals surface area contributed by atoms with Crippen molar-refractivity contribution in [1.29, 1.82) is 0 Å². The van der Waals surface area contributed by atoms with E-state index in [2.05, 4.69) is 43.1 Å². The number of halogens is 1. The summed E-state index contributed by atoms with van der Waals surface area (Å²) in [6, 6.07) is 4.25. The van der Waals surface area contributed by atoms with E-state index in [4.69, 9.17) is 0 Å². The van der Waals surface area contributed by atoms with Crippen molar-refractivity contribution in [3.63, 3.8) is 0 Å². The molecule has 2 heterocycles. The molecule has 0 aromatic carbocycles. The maximum absolute atomic E-state index is 4.14. The molecule has 0 aliphatic heterocycles. The van der Waals surface area contributed by atoms with Crippen LogP contribution in [0.2, 0.25) is 0 Å². The van der Waals surface area contributed by atoms with Gasteiger partial charge in [0.25, 0.3) is 0 Å². The summed E-state index contributed by atoms with van der Waals surface area (Å²) in [6.45, 7) is 0. The molecule has 2 nitrogen and oxygen atoms in total. The maximum Gasteiger partial charge on any atom is 0.0609 e. The second-order valence-electron chi connectivity index (χ2n) is 3.18. The first-order chi connectivity index (χ1) is 7.33. The van der Waals surface area contributed by atoms with Crippen molar-refractivity contribution in [3.8, 4) is 0 Å². The zero-order chi connectivity index (χ0) is 10.7. The highest BCUT2D eigenvalue weighted by Crippen LogP contribution is 2.30. The van der Waals surface area contributed by atoms with Crippen molar-refractivity contribution in [2.24, 2.45) is 0 Å². The Labute approximate surface area is 101 Å². The van der Waals surface area contributed by atoms with Crippen LogP contribution in [0.5, 0.6) is 0 Å². The standard InChI is InChI=1S/C11H11BrN2S/c1-13-11(8-3-2-4-14-5-8)9-6-15-7-10(9)12/h2-7,11,13H,1H3. The zero-order valence-electron chi connectivity index (χ0n) is 8.27. The minimum atomic E-state index is 0.208. The van der Waals surface area contributed by atoms with E-state index in [0.29, 0.717) is 0 Å². The van der Waals surface area contributed by atoms with Gasteiger partial charge in [-0.05, 0) is 45.6 Å². The van der Waals surface area contributed by atoms with Crippen molar-refractivity contribution in [2.75, 3.05) is 7.05 Å². The lowest BCUT2D eigenvalue weighted by atomic mass is 10.0. The van der Waals surface area contributed by atoms with Crippen molar-refractivity contribution in [1.82, 2.24) is 10.3 Å². The van der Waals surface area contributed by atoms with Crippen LogP contribution in [0.3, 0.4) is 0 Å². The fraction of sp³-hybridized carbons (Fsp3) is 0.182. The molecule has 0 aliphatic carbocycles. The number of thiophene rings is 1. The van der Waals surface area contributed by atoms with E-state index >= 15 is 0 Å². The number of nitrogens with zero attached hydrogens (tertiary/aromatic N) is 1. The average Bonchev–Trinajstić information content (AvgIpc) is 2.68. The summed E-state index contributed by atoms with van der Waals surface area (Å²) in [7, 11) is 1.96. The highest BCUT2D eigenvalue weighted by atomic mass is 79.9. The monoisotopic (exact) mass is 282 g/mol. The molecule has 78 valence electrons. The van der Waals surface area contributed by atoms with Crippen molar-refractivity contribution >= 4 is 27.3 Å². The van der Waals surface area contributed by atoms with Gasteiger partial charge in [-0.2, -0.15) is 11.3 Å². The number of rotatable bonds is 3. The van der Waals surface area contributed by atoms with Crippen LogP contribution >= 0.6 is 27.3 Å². The Bertz CT molecular complexity index is 427. The molecule has 0 saturated heterocycles. The molecule has 0 spiro atoms. The summed E-state index contributed by atoms with van der Waals surface area (Å²) in [5.41, 5.74) is 2.44. The summed E-state index contributed by atoms with van der Waals surface area (Å²) < 4.78 is 1.15. The lowest BCUT2D eigenvalue weighted by Crippen LogP contribution is -2.17. The molecule has 0 aliphatic rings. The zero-order valence-corrected chi connectivity index (χ0v) is 10.7. The van der Waals surface area contributed by atoms with E-state index in [-0.39, 0.29) is 6.04 Å². The van der Waals surface area contributed by atoms with Crippen molar-refractivity contribution in [2.45, 2.75) is 6.04 Å². The van der Waals surface area contributed by atoms with Gasteiger partial charge in [0.1, 0.15) is 0 Å². The third-order valence-electron chi connectivity index (χ3n) is 2.26. The topological polar surface area (TPSA) is 24.9 Å². The van der Waals surface area contributed by atoms with Crippen LogP contribution in [0.15, 0.2) is 39.8 Å². The average molecular weight is 283 g/mol. The molecule has 4 heteroatoms. The van der Waals surface area contributed by atoms with E-state index in [1.54, 1.807) is 17.5 Å². The van der Waals surface area contributed by atoms with E-state index in [9.17, 15) is 0 Å². The summed E-state index contributed by atoms with van der Waals surface area (Å²) >= 11 is 5.25. The molecule has 1 atom stereocenters. The Morgan fingerprint density at radius 3 is 2.87 bits per heavy atom. The van der Waals surface area contributed by atoms with E-state index in [1.165, 1.54) is 11.1 Å². The Morgan fingerprint density at radius 2 is 2.33 bits per heavy atom. The van der Waals surface area contributed by atoms with Crippen LogP contribution in [-0.4, -0.2) is 12.0 Å². The third kappa shape index (κ3) is 2.27. The molecule has 2 aromatic heterocycles. The van der Waals surface area contributed by atoms with Gasteiger partial charge in [0, 0.05) is 22.2 Å². The quantitative estimate of drug-likeness (QED) is 0.935. The Kier molecular flexibility index (Phi) is 3.51. The van der Waals surface area contributed by atoms with Gasteiger partial charge < -0.3 is 5.32 Å². The van der Waals surface area contributed by atoms with Crippen molar-refractivity contribution < 1.29 is 0 Å². The van der Waals surface area contributed by atoms with Crippen LogP contribution in [0.4, 0.5) is 0 Å². The van der Waals surface area contributed by atoms with Gasteiger partial charge in [0.05, 0.1) is 6.04 Å². The van der Waals surface area contributed by atoms with Gasteiger partial charge in [-0.1, -0.05) is 6.07 Å². The van der Waals surface area contributed by atoms with Crippen molar-refractivity contribution in [3.05, 3.63) is 50.9 Å². The SMILES string of the molecule is CNC(c1cccnc1)c1cscc1Br. The third-order valence-corrected chi connectivity index (χ3v) is 4.01. The maximum atomic E-state index is 4.14. The molecular weight excluding hydrogens is 272 g/mol. The lowest BCUT2D eigenvalue weighted by Gasteiger charge is -2.15. The van der Waals surface area contributed by atoms with Crippen LogP contribution in [-0.2, 0) is 0 Å². The Balaban J connectivity index is 2.37. The molecule has 0 bridgehead atoms. The van der Waals surface area contributed by atoms with E-state index in [1.807, 2.05) is 19.3 Å². The molecule has 2 aromatic rings. The largest absolute Gasteiger partial charge is 0.309 e. The number of nitrogens with one attached hydrogen (secondary N) is 1. The highest BCUT2D eigenvalue weighted by Gasteiger charge is 2.15. The molecule has 15 heavy (non-hydrogen) atoms. The van der Waals surface area contributed by atoms with Gasteiger partial charge in [-0.15, -0.1) is 0 Å². The smallest absolute Gasteiger partial charge is 0.0609 e.